The molecule has 3 N–H and O–H groups in total. The molecule has 32 heavy (non-hydrogen) atoms. The van der Waals surface area contributed by atoms with E-state index in [4.69, 9.17) is 10.5 Å². The highest BCUT2D eigenvalue weighted by Crippen LogP contribution is 2.24. The number of para-hydroxylation sites is 1. The average Bonchev–Trinajstić information content (AvgIpc) is 3.12. The second kappa shape index (κ2) is 12.5. The van der Waals surface area contributed by atoms with E-state index >= 15 is 0 Å². The third-order valence-electron chi connectivity index (χ3n) is 5.16. The van der Waals surface area contributed by atoms with Gasteiger partial charge in [0.05, 0.1) is 10.9 Å². The van der Waals surface area contributed by atoms with Crippen LogP contribution in [-0.2, 0) is 14.8 Å². The van der Waals surface area contributed by atoms with E-state index in [0.717, 1.165) is 19.3 Å². The number of amides is 1. The minimum atomic E-state index is -3.75. The van der Waals surface area contributed by atoms with Crippen LogP contribution in [0.2, 0.25) is 0 Å². The predicted octanol–water partition coefficient (Wildman–Crippen LogP) is 3.21. The van der Waals surface area contributed by atoms with Crippen molar-refractivity contribution in [1.82, 2.24) is 9.62 Å². The molecular formula is C22H30ClN3O4S2. The lowest BCUT2D eigenvalue weighted by Gasteiger charge is -2.17. The number of unbranched alkanes of at least 4 members (excludes halogenated alkanes) is 2. The van der Waals surface area contributed by atoms with E-state index in [-0.39, 0.29) is 28.5 Å². The molecular weight excluding hydrogens is 470 g/mol. The van der Waals surface area contributed by atoms with Crippen LogP contribution in [0.25, 0.3) is 0 Å². The summed E-state index contributed by atoms with van der Waals surface area (Å²) in [4.78, 5) is 14.2. The van der Waals surface area contributed by atoms with Crippen molar-refractivity contribution >= 4 is 41.0 Å². The molecule has 0 aromatic heterocycles. The first-order valence-electron chi connectivity index (χ1n) is 10.4. The summed E-state index contributed by atoms with van der Waals surface area (Å²) in [6.07, 6.45) is 3.06. The van der Waals surface area contributed by atoms with E-state index in [1.54, 1.807) is 17.0 Å². The van der Waals surface area contributed by atoms with Crippen molar-refractivity contribution in [2.45, 2.75) is 41.9 Å². The van der Waals surface area contributed by atoms with Crippen molar-refractivity contribution in [2.75, 3.05) is 19.6 Å². The summed E-state index contributed by atoms with van der Waals surface area (Å²) in [7, 11) is -3.75. The third-order valence-corrected chi connectivity index (χ3v) is 7.18. The van der Waals surface area contributed by atoms with E-state index < -0.39 is 16.1 Å². The second-order valence-corrected chi connectivity index (χ2v) is 9.96. The topological polar surface area (TPSA) is 102 Å². The fraction of sp³-hybridized carbons (Fsp3) is 0.409. The molecule has 1 aliphatic rings. The Hall–Kier alpha value is -1.78. The second-order valence-electron chi connectivity index (χ2n) is 7.58. The molecule has 0 unspecified atom stereocenters. The van der Waals surface area contributed by atoms with Gasteiger partial charge >= 0.3 is 0 Å². The normalized spacial score (nSPS) is 18.2. The van der Waals surface area contributed by atoms with Gasteiger partial charge in [-0.05, 0) is 55.8 Å². The van der Waals surface area contributed by atoms with Gasteiger partial charge in [-0.3, -0.25) is 4.79 Å². The van der Waals surface area contributed by atoms with Crippen molar-refractivity contribution < 1.29 is 17.9 Å². The van der Waals surface area contributed by atoms with E-state index in [1.807, 2.05) is 30.3 Å². The number of nitrogens with zero attached hydrogens (tertiary/aromatic N) is 1. The van der Waals surface area contributed by atoms with Crippen LogP contribution in [-0.4, -0.2) is 50.2 Å². The summed E-state index contributed by atoms with van der Waals surface area (Å²) >= 11 is 4.50. The SMILES string of the molecule is Cl.NCCCCCC(=O)N1C[C@@H](S)[C@H](NS(=O)(=O)c2ccc(Oc3ccccc3)cc2)C1. The lowest BCUT2D eigenvalue weighted by atomic mass is 10.2. The van der Waals surface area contributed by atoms with Crippen LogP contribution in [0.3, 0.4) is 0 Å². The molecule has 2 aromatic rings. The van der Waals surface area contributed by atoms with Crippen LogP contribution in [0.5, 0.6) is 11.5 Å². The molecule has 10 heteroatoms. The first kappa shape index (κ1) is 26.5. The number of likely N-dealkylation sites (tertiary alicyclic amines) is 1. The van der Waals surface area contributed by atoms with Crippen LogP contribution < -0.4 is 15.2 Å². The molecule has 7 nitrogen and oxygen atoms in total. The van der Waals surface area contributed by atoms with Crippen LogP contribution >= 0.6 is 25.0 Å². The predicted molar refractivity (Wildman–Crippen MR) is 131 cm³/mol. The molecule has 1 fully saturated rings. The van der Waals surface area contributed by atoms with Crippen LogP contribution in [0.15, 0.2) is 59.5 Å². The highest BCUT2D eigenvalue weighted by Gasteiger charge is 2.35. The first-order chi connectivity index (χ1) is 14.9. The number of carbonyl (C=O) groups excluding carboxylic acids is 1. The summed E-state index contributed by atoms with van der Waals surface area (Å²) in [6, 6.07) is 15.1. The summed E-state index contributed by atoms with van der Waals surface area (Å²) in [6.45, 7) is 1.37. The number of nitrogens with one attached hydrogen (secondary N) is 1. The highest BCUT2D eigenvalue weighted by molar-refractivity contribution is 7.89. The Morgan fingerprint density at radius 1 is 1.03 bits per heavy atom. The van der Waals surface area contributed by atoms with Crippen molar-refractivity contribution in [1.29, 1.82) is 0 Å². The number of carbonyl (C=O) groups is 1. The zero-order valence-corrected chi connectivity index (χ0v) is 20.2. The molecule has 3 rings (SSSR count). The van der Waals surface area contributed by atoms with Gasteiger partial charge < -0.3 is 15.4 Å². The maximum Gasteiger partial charge on any atom is 0.240 e. The molecule has 0 spiro atoms. The maximum absolute atomic E-state index is 12.8. The van der Waals surface area contributed by atoms with E-state index in [2.05, 4.69) is 17.4 Å². The molecule has 1 amide bonds. The van der Waals surface area contributed by atoms with Gasteiger partial charge in [0.1, 0.15) is 11.5 Å². The van der Waals surface area contributed by atoms with E-state index in [1.165, 1.54) is 12.1 Å². The molecule has 0 bridgehead atoms. The molecule has 176 valence electrons. The highest BCUT2D eigenvalue weighted by atomic mass is 35.5. The van der Waals surface area contributed by atoms with Crippen molar-refractivity contribution in [2.24, 2.45) is 5.73 Å². The Morgan fingerprint density at radius 3 is 2.34 bits per heavy atom. The Morgan fingerprint density at radius 2 is 1.69 bits per heavy atom. The Bertz CT molecular complexity index is 959. The molecule has 1 heterocycles. The number of rotatable bonds is 10. The largest absolute Gasteiger partial charge is 0.457 e. The van der Waals surface area contributed by atoms with Gasteiger partial charge in [0.2, 0.25) is 15.9 Å². The number of halogens is 1. The quantitative estimate of drug-likeness (QED) is 0.344. The fourth-order valence-electron chi connectivity index (χ4n) is 3.44. The lowest BCUT2D eigenvalue weighted by molar-refractivity contribution is -0.130. The standard InChI is InChI=1S/C22H29N3O4S2.ClH/c23-14-6-2-5-9-22(26)25-15-20(21(30)16-25)24-31(27,28)19-12-10-18(11-13-19)29-17-7-3-1-4-8-17;/h1,3-4,7-8,10-13,20-21,24,30H,2,5-6,9,14-16,23H2;1H/t20-,21-;/m1./s1. The number of sulfonamides is 1. The van der Waals surface area contributed by atoms with Gasteiger partial charge in [-0.1, -0.05) is 24.6 Å². The minimum Gasteiger partial charge on any atom is -0.457 e. The van der Waals surface area contributed by atoms with Crippen molar-refractivity contribution in [3.63, 3.8) is 0 Å². The van der Waals surface area contributed by atoms with Crippen molar-refractivity contribution in [3.05, 3.63) is 54.6 Å². The third kappa shape index (κ3) is 7.38. The van der Waals surface area contributed by atoms with Gasteiger partial charge in [0.15, 0.2) is 0 Å². The van der Waals surface area contributed by atoms with Crippen molar-refractivity contribution in [3.8, 4) is 11.5 Å². The zero-order valence-electron chi connectivity index (χ0n) is 17.7. The maximum atomic E-state index is 12.8. The summed E-state index contributed by atoms with van der Waals surface area (Å²) < 4.78 is 34.0. The molecule has 2 atom stereocenters. The Balaban J connectivity index is 0.00000363. The Kier molecular flexibility index (Phi) is 10.3. The monoisotopic (exact) mass is 499 g/mol. The summed E-state index contributed by atoms with van der Waals surface area (Å²) in [5, 5.41) is -0.261. The van der Waals surface area contributed by atoms with E-state index in [0.29, 0.717) is 37.6 Å². The van der Waals surface area contributed by atoms with Crippen LogP contribution in [0.4, 0.5) is 0 Å². The van der Waals surface area contributed by atoms with Crippen LogP contribution in [0.1, 0.15) is 25.7 Å². The summed E-state index contributed by atoms with van der Waals surface area (Å²) in [5.74, 6) is 1.25. The number of hydrogen-bond acceptors (Lipinski definition) is 6. The average molecular weight is 500 g/mol. The Labute approximate surface area is 201 Å². The molecule has 0 aliphatic carbocycles. The van der Waals surface area contributed by atoms with Gasteiger partial charge in [0, 0.05) is 24.8 Å². The molecule has 1 aliphatic heterocycles. The van der Waals surface area contributed by atoms with Gasteiger partial charge in [-0.2, -0.15) is 12.6 Å². The number of thiol groups is 1. The number of ether oxygens (including phenoxy) is 1. The lowest BCUT2D eigenvalue weighted by Crippen LogP contribution is -2.41. The van der Waals surface area contributed by atoms with Crippen LogP contribution in [0, 0.1) is 0 Å². The van der Waals surface area contributed by atoms with Gasteiger partial charge in [-0.15, -0.1) is 12.4 Å². The van der Waals surface area contributed by atoms with Gasteiger partial charge in [0.25, 0.3) is 0 Å². The molecule has 0 radical (unpaired) electrons. The number of benzene rings is 2. The van der Waals surface area contributed by atoms with E-state index in [9.17, 15) is 13.2 Å². The smallest absolute Gasteiger partial charge is 0.240 e. The molecule has 2 aromatic carbocycles. The molecule has 0 saturated carbocycles. The van der Waals surface area contributed by atoms with Gasteiger partial charge in [-0.25, -0.2) is 13.1 Å². The first-order valence-corrected chi connectivity index (χ1v) is 12.4. The minimum absolute atomic E-state index is 0. The number of nitrogens with two attached hydrogens (primary N) is 1. The molecule has 1 saturated heterocycles. The number of hydrogen-bond donors (Lipinski definition) is 3. The summed E-state index contributed by atoms with van der Waals surface area (Å²) in [5.41, 5.74) is 5.48. The zero-order chi connectivity index (χ0) is 22.3. The fourth-order valence-corrected chi connectivity index (χ4v) is 5.17.